The minimum Gasteiger partial charge on any atom is -0.492 e. The average Bonchev–Trinajstić information content (AvgIpc) is 3.17. The molecule has 0 aliphatic rings. The number of ether oxygens (including phenoxy) is 1. The van der Waals surface area contributed by atoms with E-state index in [4.69, 9.17) is 4.74 Å². The summed E-state index contributed by atoms with van der Waals surface area (Å²) in [6.45, 7) is 4.98. The first kappa shape index (κ1) is 23.7. The van der Waals surface area contributed by atoms with Gasteiger partial charge in [0.2, 0.25) is 0 Å². The molecule has 1 heterocycles. The fraction of sp³-hybridized carbons (Fsp3) is 0.167. The van der Waals surface area contributed by atoms with Crippen molar-refractivity contribution < 1.29 is 22.3 Å². The number of carbonyl (C=O) groups excluding carboxylic acids is 1. The van der Waals surface area contributed by atoms with Gasteiger partial charge in [0, 0.05) is 17.8 Å². The Kier molecular flexibility index (Phi) is 6.80. The third kappa shape index (κ3) is 4.87. The maximum Gasteiger partial charge on any atom is 0.279 e. The van der Waals surface area contributed by atoms with Crippen molar-refractivity contribution >= 4 is 43.2 Å². The molecule has 4 aromatic rings. The van der Waals surface area contributed by atoms with Gasteiger partial charge in [-0.25, -0.2) is 12.8 Å². The third-order valence-corrected chi connectivity index (χ3v) is 7.40. The highest BCUT2D eigenvalue weighted by Crippen LogP contribution is 2.27. The number of rotatable bonds is 7. The van der Waals surface area contributed by atoms with E-state index in [1.165, 1.54) is 35.6 Å². The predicted octanol–water partition coefficient (Wildman–Crippen LogP) is 4.80. The van der Waals surface area contributed by atoms with E-state index in [0.29, 0.717) is 18.0 Å². The summed E-state index contributed by atoms with van der Waals surface area (Å²) in [6, 6.07) is 16.3. The third-order valence-electron chi connectivity index (χ3n) is 4.96. The lowest BCUT2D eigenvalue weighted by Gasteiger charge is -2.09. The van der Waals surface area contributed by atoms with Crippen LogP contribution >= 0.6 is 11.3 Å². The second kappa shape index (κ2) is 9.78. The fourth-order valence-electron chi connectivity index (χ4n) is 3.44. The summed E-state index contributed by atoms with van der Waals surface area (Å²) >= 11 is 1.38. The number of nitrogens with zero attached hydrogens (tertiary/aromatic N) is 2. The smallest absolute Gasteiger partial charge is 0.279 e. The molecule has 0 saturated heterocycles. The van der Waals surface area contributed by atoms with Crippen LogP contribution in [0.4, 0.5) is 10.1 Å². The molecule has 0 aliphatic heterocycles. The first-order valence-electron chi connectivity index (χ1n) is 10.5. The molecule has 34 heavy (non-hydrogen) atoms. The Hall–Kier alpha value is -3.50. The van der Waals surface area contributed by atoms with Crippen LogP contribution in [-0.4, -0.2) is 25.5 Å². The van der Waals surface area contributed by atoms with E-state index < -0.39 is 21.7 Å². The zero-order chi connectivity index (χ0) is 24.3. The molecule has 0 saturated carbocycles. The van der Waals surface area contributed by atoms with Gasteiger partial charge in [-0.1, -0.05) is 23.5 Å². The lowest BCUT2D eigenvalue weighted by atomic mass is 10.2. The van der Waals surface area contributed by atoms with Crippen LogP contribution in [0, 0.1) is 5.82 Å². The summed E-state index contributed by atoms with van der Waals surface area (Å²) in [6.07, 6.45) is 0. The van der Waals surface area contributed by atoms with Crippen LogP contribution in [0.25, 0.3) is 10.2 Å². The number of aromatic nitrogens is 1. The monoisotopic (exact) mass is 499 g/mol. The molecule has 176 valence electrons. The summed E-state index contributed by atoms with van der Waals surface area (Å²) in [5, 5.41) is 0. The first-order chi connectivity index (χ1) is 16.3. The maximum absolute atomic E-state index is 13.1. The number of benzene rings is 3. The van der Waals surface area contributed by atoms with Crippen LogP contribution < -0.4 is 14.3 Å². The van der Waals surface area contributed by atoms with Crippen LogP contribution in [0.2, 0.25) is 0 Å². The minimum atomic E-state index is -3.94. The SMILES string of the molecule is CCOc1cccc2sc(=NC(=O)c3cccc(NS(=O)(=O)c4ccc(F)cc4)c3)n(CC)c12. The number of para-hydroxylation sites is 1. The number of sulfonamides is 1. The highest BCUT2D eigenvalue weighted by Gasteiger charge is 2.16. The van der Waals surface area contributed by atoms with Gasteiger partial charge in [0.25, 0.3) is 15.9 Å². The van der Waals surface area contributed by atoms with Crippen molar-refractivity contribution in [3.8, 4) is 5.75 Å². The second-order valence-electron chi connectivity index (χ2n) is 7.22. The van der Waals surface area contributed by atoms with E-state index in [1.54, 1.807) is 12.1 Å². The number of hydrogen-bond donors (Lipinski definition) is 1. The van der Waals surface area contributed by atoms with Gasteiger partial charge in [0.15, 0.2) is 4.80 Å². The number of hydrogen-bond acceptors (Lipinski definition) is 5. The molecule has 0 spiro atoms. The number of fused-ring (bicyclic) bond motifs is 1. The number of amides is 1. The lowest BCUT2D eigenvalue weighted by molar-refractivity contribution is 0.0998. The Labute approximate surface area is 200 Å². The molecule has 0 bridgehead atoms. The van der Waals surface area contributed by atoms with Gasteiger partial charge in [-0.2, -0.15) is 4.99 Å². The Morgan fingerprint density at radius 3 is 2.53 bits per heavy atom. The quantitative estimate of drug-likeness (QED) is 0.395. The first-order valence-corrected chi connectivity index (χ1v) is 12.8. The maximum atomic E-state index is 13.1. The van der Waals surface area contributed by atoms with Crippen molar-refractivity contribution in [3.63, 3.8) is 0 Å². The summed E-state index contributed by atoms with van der Waals surface area (Å²) in [7, 11) is -3.94. The summed E-state index contributed by atoms with van der Waals surface area (Å²) < 4.78 is 49.4. The fourth-order valence-corrected chi connectivity index (χ4v) is 5.60. The Balaban J connectivity index is 1.67. The largest absolute Gasteiger partial charge is 0.492 e. The van der Waals surface area contributed by atoms with Gasteiger partial charge in [-0.3, -0.25) is 9.52 Å². The van der Waals surface area contributed by atoms with Crippen LogP contribution in [0.3, 0.4) is 0 Å². The molecule has 4 rings (SSSR count). The van der Waals surface area contributed by atoms with Gasteiger partial charge >= 0.3 is 0 Å². The summed E-state index contributed by atoms with van der Waals surface area (Å²) in [5.41, 5.74) is 1.30. The topological polar surface area (TPSA) is 89.8 Å². The second-order valence-corrected chi connectivity index (χ2v) is 9.91. The number of nitrogens with one attached hydrogen (secondary N) is 1. The normalized spacial score (nSPS) is 12.1. The number of aryl methyl sites for hydroxylation is 1. The minimum absolute atomic E-state index is 0.0883. The predicted molar refractivity (Wildman–Crippen MR) is 130 cm³/mol. The molecule has 0 radical (unpaired) electrons. The van der Waals surface area contributed by atoms with Gasteiger partial charge in [-0.05, 0) is 68.4 Å². The number of anilines is 1. The molecule has 10 heteroatoms. The van der Waals surface area contributed by atoms with Crippen LogP contribution in [0.5, 0.6) is 5.75 Å². The van der Waals surface area contributed by atoms with E-state index in [-0.39, 0.29) is 16.1 Å². The van der Waals surface area contributed by atoms with Crippen molar-refractivity contribution in [3.05, 3.63) is 82.9 Å². The van der Waals surface area contributed by atoms with E-state index in [9.17, 15) is 17.6 Å². The lowest BCUT2D eigenvalue weighted by Crippen LogP contribution is -2.16. The summed E-state index contributed by atoms with van der Waals surface area (Å²) in [4.78, 5) is 17.7. The zero-order valence-electron chi connectivity index (χ0n) is 18.5. The van der Waals surface area contributed by atoms with E-state index in [0.717, 1.165) is 28.1 Å². The van der Waals surface area contributed by atoms with Gasteiger partial charge < -0.3 is 9.30 Å². The molecule has 0 atom stereocenters. The molecule has 0 unspecified atom stereocenters. The van der Waals surface area contributed by atoms with E-state index in [1.807, 2.05) is 36.6 Å². The molecule has 1 aromatic heterocycles. The highest BCUT2D eigenvalue weighted by atomic mass is 32.2. The molecule has 0 aliphatic carbocycles. The van der Waals surface area contributed by atoms with Crippen LogP contribution in [0.1, 0.15) is 24.2 Å². The van der Waals surface area contributed by atoms with Gasteiger partial charge in [0.1, 0.15) is 17.1 Å². The van der Waals surface area contributed by atoms with Crippen molar-refractivity contribution in [1.29, 1.82) is 0 Å². The van der Waals surface area contributed by atoms with Crippen LogP contribution in [-0.2, 0) is 16.6 Å². The Morgan fingerprint density at radius 1 is 1.09 bits per heavy atom. The number of halogens is 1. The standard InChI is InChI=1S/C24H22FN3O4S2/c1-3-28-22-20(32-4-2)9-6-10-21(22)33-24(28)26-23(29)16-7-5-8-18(15-16)27-34(30,31)19-13-11-17(25)12-14-19/h5-15,27H,3-4H2,1-2H3. The number of carbonyl (C=O) groups is 1. The van der Waals surface area contributed by atoms with E-state index >= 15 is 0 Å². The van der Waals surface area contributed by atoms with Crippen molar-refractivity contribution in [2.24, 2.45) is 4.99 Å². The molecule has 0 fully saturated rings. The van der Waals surface area contributed by atoms with Gasteiger partial charge in [0.05, 0.1) is 16.2 Å². The summed E-state index contributed by atoms with van der Waals surface area (Å²) in [5.74, 6) is -0.314. The molecule has 1 amide bonds. The van der Waals surface area contributed by atoms with Crippen molar-refractivity contribution in [2.45, 2.75) is 25.3 Å². The average molecular weight is 500 g/mol. The zero-order valence-corrected chi connectivity index (χ0v) is 20.1. The molecule has 7 nitrogen and oxygen atoms in total. The van der Waals surface area contributed by atoms with E-state index in [2.05, 4.69) is 9.71 Å². The number of thiazole rings is 1. The molecular weight excluding hydrogens is 477 g/mol. The highest BCUT2D eigenvalue weighted by molar-refractivity contribution is 7.92. The van der Waals surface area contributed by atoms with Crippen LogP contribution in [0.15, 0.2) is 76.6 Å². The molecule has 3 aromatic carbocycles. The Bertz CT molecular complexity index is 1520. The Morgan fingerprint density at radius 2 is 1.82 bits per heavy atom. The molecule has 1 N–H and O–H groups in total. The van der Waals surface area contributed by atoms with Gasteiger partial charge in [-0.15, -0.1) is 0 Å². The molecular formula is C24H22FN3O4S2. The van der Waals surface area contributed by atoms with Crippen molar-refractivity contribution in [2.75, 3.05) is 11.3 Å². The van der Waals surface area contributed by atoms with Crippen molar-refractivity contribution in [1.82, 2.24) is 4.57 Å².